The molecule has 0 heterocycles. The highest BCUT2D eigenvalue weighted by atomic mass is 35.5. The molecule has 3 N–H and O–H groups in total. The zero-order chi connectivity index (χ0) is 16.4. The standard InChI is InChI=1S/C20H25NO2.ClH/c1-13-10-17(18(21)19(22)16-8-9-16)11-14(2)20(13)23-12-15-6-4-3-5-7-15;/h3-7,10-11,16,18-19,22H,8-9,12,21H2,1-2H3;1H/t18-,19+;/m1./s1. The van der Waals surface area contributed by atoms with Crippen LogP contribution in [0.25, 0.3) is 0 Å². The highest BCUT2D eigenvalue weighted by molar-refractivity contribution is 5.85. The number of benzene rings is 2. The van der Waals surface area contributed by atoms with E-state index in [4.69, 9.17) is 10.5 Å². The third-order valence-corrected chi connectivity index (χ3v) is 4.57. The van der Waals surface area contributed by atoms with Crippen molar-refractivity contribution in [3.8, 4) is 5.75 Å². The van der Waals surface area contributed by atoms with E-state index in [1.54, 1.807) is 0 Å². The molecule has 2 aromatic carbocycles. The van der Waals surface area contributed by atoms with Gasteiger partial charge in [-0.05, 0) is 54.9 Å². The summed E-state index contributed by atoms with van der Waals surface area (Å²) < 4.78 is 6.01. The molecule has 4 heteroatoms. The Kier molecular flexibility index (Phi) is 6.27. The van der Waals surface area contributed by atoms with Crippen LogP contribution in [0.1, 0.15) is 41.1 Å². The maximum absolute atomic E-state index is 10.3. The van der Waals surface area contributed by atoms with Crippen molar-refractivity contribution in [2.24, 2.45) is 11.7 Å². The molecule has 2 aromatic rings. The molecular weight excluding hydrogens is 322 g/mol. The maximum Gasteiger partial charge on any atom is 0.125 e. The number of rotatable bonds is 6. The largest absolute Gasteiger partial charge is 0.488 e. The van der Waals surface area contributed by atoms with Crippen LogP contribution in [-0.2, 0) is 6.61 Å². The Morgan fingerprint density at radius 3 is 2.25 bits per heavy atom. The minimum atomic E-state index is -0.440. The molecule has 0 amide bonds. The minimum absolute atomic E-state index is 0. The molecule has 0 aliphatic heterocycles. The van der Waals surface area contributed by atoms with Crippen molar-refractivity contribution < 1.29 is 9.84 Å². The van der Waals surface area contributed by atoms with Crippen LogP contribution in [0.15, 0.2) is 42.5 Å². The van der Waals surface area contributed by atoms with Gasteiger partial charge in [-0.1, -0.05) is 42.5 Å². The number of halogens is 1. The summed E-state index contributed by atoms with van der Waals surface area (Å²) in [4.78, 5) is 0. The molecule has 0 bridgehead atoms. The van der Waals surface area contributed by atoms with Gasteiger partial charge in [-0.25, -0.2) is 0 Å². The second-order valence-corrected chi connectivity index (χ2v) is 6.61. The Hall–Kier alpha value is -1.55. The molecule has 1 saturated carbocycles. The fourth-order valence-corrected chi connectivity index (χ4v) is 3.06. The third-order valence-electron chi connectivity index (χ3n) is 4.57. The molecule has 0 saturated heterocycles. The van der Waals surface area contributed by atoms with Crippen LogP contribution in [0, 0.1) is 19.8 Å². The Labute approximate surface area is 150 Å². The topological polar surface area (TPSA) is 55.5 Å². The molecule has 24 heavy (non-hydrogen) atoms. The van der Waals surface area contributed by atoms with Crippen LogP contribution in [0.2, 0.25) is 0 Å². The molecule has 1 aliphatic rings. The van der Waals surface area contributed by atoms with Gasteiger partial charge in [0.2, 0.25) is 0 Å². The maximum atomic E-state index is 10.3. The second kappa shape index (κ2) is 8.02. The van der Waals surface area contributed by atoms with Crippen LogP contribution >= 0.6 is 12.4 Å². The summed E-state index contributed by atoms with van der Waals surface area (Å²) in [6, 6.07) is 13.9. The molecular formula is C20H26ClNO2. The molecule has 0 radical (unpaired) electrons. The second-order valence-electron chi connectivity index (χ2n) is 6.61. The summed E-state index contributed by atoms with van der Waals surface area (Å²) in [5.41, 5.74) is 10.5. The summed E-state index contributed by atoms with van der Waals surface area (Å²) in [5.74, 6) is 1.28. The zero-order valence-electron chi connectivity index (χ0n) is 14.2. The van der Waals surface area contributed by atoms with Gasteiger partial charge in [0.25, 0.3) is 0 Å². The molecule has 1 aliphatic carbocycles. The first-order chi connectivity index (χ1) is 11.1. The fraction of sp³-hybridized carbons (Fsp3) is 0.400. The number of ether oxygens (including phenoxy) is 1. The zero-order valence-corrected chi connectivity index (χ0v) is 15.1. The molecule has 2 atom stereocenters. The van der Waals surface area contributed by atoms with E-state index in [9.17, 15) is 5.11 Å². The normalized spacial score (nSPS) is 16.2. The lowest BCUT2D eigenvalue weighted by molar-refractivity contribution is 0.122. The van der Waals surface area contributed by atoms with Gasteiger partial charge in [-0.3, -0.25) is 0 Å². The highest BCUT2D eigenvalue weighted by Crippen LogP contribution is 2.38. The van der Waals surface area contributed by atoms with Crippen LogP contribution < -0.4 is 10.5 Å². The van der Waals surface area contributed by atoms with Gasteiger partial charge >= 0.3 is 0 Å². The predicted octanol–water partition coefficient (Wildman–Crippen LogP) is 4.07. The smallest absolute Gasteiger partial charge is 0.125 e. The van der Waals surface area contributed by atoms with E-state index < -0.39 is 6.10 Å². The van der Waals surface area contributed by atoms with Gasteiger partial charge in [-0.2, -0.15) is 0 Å². The van der Waals surface area contributed by atoms with Crippen LogP contribution in [-0.4, -0.2) is 11.2 Å². The summed E-state index contributed by atoms with van der Waals surface area (Å²) in [6.45, 7) is 4.62. The minimum Gasteiger partial charge on any atom is -0.488 e. The van der Waals surface area contributed by atoms with E-state index in [0.717, 1.165) is 40.8 Å². The van der Waals surface area contributed by atoms with Crippen molar-refractivity contribution in [2.45, 2.75) is 45.4 Å². The lowest BCUT2D eigenvalue weighted by atomic mass is 9.95. The Bertz CT molecular complexity index is 648. The van der Waals surface area contributed by atoms with Crippen molar-refractivity contribution in [1.29, 1.82) is 0 Å². The molecule has 0 unspecified atom stereocenters. The van der Waals surface area contributed by atoms with Crippen molar-refractivity contribution in [1.82, 2.24) is 0 Å². The van der Waals surface area contributed by atoms with Crippen molar-refractivity contribution in [3.05, 3.63) is 64.7 Å². The molecule has 1 fully saturated rings. The van der Waals surface area contributed by atoms with E-state index in [-0.39, 0.29) is 18.4 Å². The first-order valence-corrected chi connectivity index (χ1v) is 8.28. The van der Waals surface area contributed by atoms with Gasteiger partial charge in [0, 0.05) is 0 Å². The Morgan fingerprint density at radius 1 is 1.12 bits per heavy atom. The lowest BCUT2D eigenvalue weighted by Crippen LogP contribution is -2.28. The summed E-state index contributed by atoms with van der Waals surface area (Å²) >= 11 is 0. The summed E-state index contributed by atoms with van der Waals surface area (Å²) in [6.07, 6.45) is 1.74. The number of aliphatic hydroxyl groups excluding tert-OH is 1. The number of aliphatic hydroxyl groups is 1. The highest BCUT2D eigenvalue weighted by Gasteiger charge is 2.34. The fourth-order valence-electron chi connectivity index (χ4n) is 3.06. The van der Waals surface area contributed by atoms with Crippen LogP contribution in [0.3, 0.4) is 0 Å². The van der Waals surface area contributed by atoms with Gasteiger partial charge in [0.05, 0.1) is 12.1 Å². The quantitative estimate of drug-likeness (QED) is 0.828. The molecule has 3 rings (SSSR count). The Morgan fingerprint density at radius 2 is 1.71 bits per heavy atom. The molecule has 3 nitrogen and oxygen atoms in total. The van der Waals surface area contributed by atoms with E-state index in [1.165, 1.54) is 0 Å². The number of nitrogens with two attached hydrogens (primary N) is 1. The van der Waals surface area contributed by atoms with Crippen molar-refractivity contribution >= 4 is 12.4 Å². The number of aryl methyl sites for hydroxylation is 2. The molecule has 0 spiro atoms. The van der Waals surface area contributed by atoms with E-state index in [2.05, 4.69) is 12.1 Å². The predicted molar refractivity (Wildman–Crippen MR) is 99.6 cm³/mol. The van der Waals surface area contributed by atoms with Gasteiger partial charge in [0.15, 0.2) is 0 Å². The van der Waals surface area contributed by atoms with Gasteiger partial charge in [-0.15, -0.1) is 12.4 Å². The van der Waals surface area contributed by atoms with Gasteiger partial charge in [0.1, 0.15) is 12.4 Å². The number of hydrogen-bond acceptors (Lipinski definition) is 3. The van der Waals surface area contributed by atoms with Gasteiger partial charge < -0.3 is 15.6 Å². The summed E-state index contributed by atoms with van der Waals surface area (Å²) in [5, 5.41) is 10.3. The van der Waals surface area contributed by atoms with Crippen molar-refractivity contribution in [2.75, 3.05) is 0 Å². The third kappa shape index (κ3) is 4.29. The lowest BCUT2D eigenvalue weighted by Gasteiger charge is -2.21. The van der Waals surface area contributed by atoms with E-state index in [1.807, 2.05) is 44.2 Å². The average Bonchev–Trinajstić information content (AvgIpc) is 3.38. The first-order valence-electron chi connectivity index (χ1n) is 8.28. The average molecular weight is 348 g/mol. The SMILES string of the molecule is Cc1cc([C@@H](N)[C@@H](O)C2CC2)cc(C)c1OCc1ccccc1.Cl. The molecule has 130 valence electrons. The molecule has 0 aromatic heterocycles. The number of hydrogen-bond donors (Lipinski definition) is 2. The monoisotopic (exact) mass is 347 g/mol. The summed E-state index contributed by atoms with van der Waals surface area (Å²) in [7, 11) is 0. The first kappa shape index (κ1) is 18.8. The van der Waals surface area contributed by atoms with E-state index >= 15 is 0 Å². The Balaban J connectivity index is 0.00000208. The van der Waals surface area contributed by atoms with Crippen molar-refractivity contribution in [3.63, 3.8) is 0 Å². The van der Waals surface area contributed by atoms with E-state index in [0.29, 0.717) is 12.5 Å². The van der Waals surface area contributed by atoms with Crippen LogP contribution in [0.5, 0.6) is 5.75 Å². The van der Waals surface area contributed by atoms with Crippen LogP contribution in [0.4, 0.5) is 0 Å².